The molecule has 2 heterocycles. The van der Waals surface area contributed by atoms with E-state index in [0.717, 1.165) is 11.6 Å². The quantitative estimate of drug-likeness (QED) is 0.467. The van der Waals surface area contributed by atoms with Crippen LogP contribution in [0.2, 0.25) is 0 Å². The molecule has 0 spiro atoms. The predicted molar refractivity (Wildman–Crippen MR) is 33.7 cm³/mol. The van der Waals surface area contributed by atoms with Crippen molar-refractivity contribution in [1.29, 1.82) is 0 Å². The third kappa shape index (κ3) is 1.99. The number of nitrogens with one attached hydrogen (secondary N) is 4. The first kappa shape index (κ1) is 11.0. The minimum atomic E-state index is 0. The van der Waals surface area contributed by atoms with E-state index in [0.29, 0.717) is 0 Å². The Labute approximate surface area is 81.7 Å². The van der Waals surface area contributed by atoms with Crippen molar-refractivity contribution in [1.82, 2.24) is 9.97 Å². The molecule has 0 aliphatic rings. The summed E-state index contributed by atoms with van der Waals surface area (Å²) in [6, 6.07) is 0. The van der Waals surface area contributed by atoms with E-state index in [4.69, 9.17) is 0 Å². The van der Waals surface area contributed by atoms with Gasteiger partial charge in [0.15, 0.2) is 0 Å². The summed E-state index contributed by atoms with van der Waals surface area (Å²) in [4.78, 5) is 12.1. The summed E-state index contributed by atoms with van der Waals surface area (Å²) in [5.41, 5.74) is 0. The minimum absolute atomic E-state index is 0. The third-order valence-corrected chi connectivity index (χ3v) is 1.33. The fourth-order valence-corrected chi connectivity index (χ4v) is 0.872. The molecule has 0 atom stereocenters. The Bertz CT molecular complexity index is 257. The molecule has 2 aromatic heterocycles. The molecule has 0 bridgehead atoms. The maximum Gasteiger partial charge on any atom is 0.368 e. The van der Waals surface area contributed by atoms with Crippen LogP contribution in [0.15, 0.2) is 24.8 Å². The van der Waals surface area contributed by atoms with Gasteiger partial charge in [-0.3, -0.25) is 0 Å². The first-order chi connectivity index (χ1) is 4.97. The van der Waals surface area contributed by atoms with Crippen molar-refractivity contribution in [2.75, 3.05) is 0 Å². The molecule has 12 heavy (non-hydrogen) atoms. The highest BCUT2D eigenvalue weighted by Gasteiger charge is 2.12. The first-order valence-corrected chi connectivity index (χ1v) is 3.07. The van der Waals surface area contributed by atoms with Crippen molar-refractivity contribution in [2.45, 2.75) is 0 Å². The Morgan fingerprint density at radius 2 is 1.25 bits per heavy atom. The van der Waals surface area contributed by atoms with E-state index in [1.807, 2.05) is 24.8 Å². The Morgan fingerprint density at radius 1 is 0.833 bits per heavy atom. The predicted octanol–water partition coefficient (Wildman–Crippen LogP) is -6.35. The first-order valence-electron chi connectivity index (χ1n) is 3.07. The smallest absolute Gasteiger partial charge is 0.368 e. The molecule has 0 aromatic carbocycles. The molecule has 6 heteroatoms. The maximum absolute atomic E-state index is 3.02. The third-order valence-electron chi connectivity index (χ3n) is 1.33. The maximum atomic E-state index is 3.02. The van der Waals surface area contributed by atoms with Crippen molar-refractivity contribution in [3.8, 4) is 11.6 Å². The zero-order valence-corrected chi connectivity index (χ0v) is 7.58. The molecule has 0 unspecified atom stereocenters. The Hall–Kier alpha value is -1.00. The lowest BCUT2D eigenvalue weighted by molar-refractivity contribution is -0.400. The number of hydrogen-bond acceptors (Lipinski definition) is 0. The zero-order valence-electron chi connectivity index (χ0n) is 6.07. The van der Waals surface area contributed by atoms with Gasteiger partial charge in [-0.25, -0.2) is 19.9 Å². The SMILES string of the molecule is [Cl-].[Cl-].c1c[nH+]c(-c2[nH]cc[nH+]2)[nH]1. The second-order valence-corrected chi connectivity index (χ2v) is 1.99. The molecule has 0 aliphatic heterocycles. The van der Waals surface area contributed by atoms with Gasteiger partial charge in [-0.1, -0.05) is 0 Å². The Kier molecular flexibility index (Phi) is 4.39. The molecule has 0 saturated carbocycles. The molecule has 2 rings (SSSR count). The molecule has 66 valence electrons. The van der Waals surface area contributed by atoms with Crippen LogP contribution in [0.25, 0.3) is 11.6 Å². The van der Waals surface area contributed by atoms with Gasteiger partial charge in [-0.05, 0) is 0 Å². The molecule has 0 amide bonds. The summed E-state index contributed by atoms with van der Waals surface area (Å²) in [7, 11) is 0. The molecule has 0 radical (unpaired) electrons. The lowest BCUT2D eigenvalue weighted by Gasteiger charge is -1.72. The van der Waals surface area contributed by atoms with Gasteiger partial charge in [-0.2, -0.15) is 0 Å². The second kappa shape index (κ2) is 4.79. The van der Waals surface area contributed by atoms with E-state index in [1.165, 1.54) is 0 Å². The number of aromatic amines is 4. The minimum Gasteiger partial charge on any atom is -1.00 e. The molecular formula is C6H8Cl2N4. The molecule has 4 N–H and O–H groups in total. The lowest BCUT2D eigenvalue weighted by atomic mass is 10.6. The topological polar surface area (TPSA) is 59.9 Å². The van der Waals surface area contributed by atoms with Crippen LogP contribution in [-0.4, -0.2) is 9.97 Å². The Balaban J connectivity index is 0.000000605. The monoisotopic (exact) mass is 206 g/mol. The van der Waals surface area contributed by atoms with Gasteiger partial charge in [0.2, 0.25) is 0 Å². The van der Waals surface area contributed by atoms with Crippen LogP contribution in [0.5, 0.6) is 0 Å². The van der Waals surface area contributed by atoms with E-state index < -0.39 is 0 Å². The molecule has 0 fully saturated rings. The van der Waals surface area contributed by atoms with Crippen LogP contribution in [0.4, 0.5) is 0 Å². The lowest BCUT2D eigenvalue weighted by Crippen LogP contribution is -3.00. The summed E-state index contributed by atoms with van der Waals surface area (Å²) in [6.07, 6.45) is 7.35. The molecule has 0 aliphatic carbocycles. The van der Waals surface area contributed by atoms with E-state index in [2.05, 4.69) is 19.9 Å². The number of halogens is 2. The van der Waals surface area contributed by atoms with Crippen molar-refractivity contribution in [3.63, 3.8) is 0 Å². The zero-order chi connectivity index (χ0) is 6.81. The standard InChI is InChI=1S/C6H6N4.2ClH/c1-2-8-5(7-1)6-9-3-4-10-6;;/h1-4H,(H,7,8)(H,9,10);2*1H. The Morgan fingerprint density at radius 3 is 1.50 bits per heavy atom. The fraction of sp³-hybridized carbons (Fsp3) is 0. The van der Waals surface area contributed by atoms with Gasteiger partial charge < -0.3 is 24.8 Å². The summed E-state index contributed by atoms with van der Waals surface area (Å²) in [6.45, 7) is 0. The summed E-state index contributed by atoms with van der Waals surface area (Å²) < 4.78 is 0. The van der Waals surface area contributed by atoms with Crippen LogP contribution in [-0.2, 0) is 0 Å². The van der Waals surface area contributed by atoms with Gasteiger partial charge in [-0.15, -0.1) is 0 Å². The van der Waals surface area contributed by atoms with Crippen molar-refractivity contribution in [3.05, 3.63) is 24.8 Å². The highest BCUT2D eigenvalue weighted by Crippen LogP contribution is 1.96. The van der Waals surface area contributed by atoms with Crippen LogP contribution >= 0.6 is 0 Å². The normalized spacial score (nSPS) is 8.33. The van der Waals surface area contributed by atoms with E-state index in [1.54, 1.807) is 0 Å². The van der Waals surface area contributed by atoms with Crippen LogP contribution in [0.3, 0.4) is 0 Å². The van der Waals surface area contributed by atoms with Crippen LogP contribution in [0, 0.1) is 0 Å². The molecular weight excluding hydrogens is 199 g/mol. The molecule has 0 saturated heterocycles. The highest BCUT2D eigenvalue weighted by molar-refractivity contribution is 5.31. The average molecular weight is 207 g/mol. The van der Waals surface area contributed by atoms with E-state index >= 15 is 0 Å². The van der Waals surface area contributed by atoms with Gasteiger partial charge in [0.05, 0.1) is 0 Å². The van der Waals surface area contributed by atoms with Crippen molar-refractivity contribution >= 4 is 0 Å². The number of aromatic nitrogens is 4. The molecule has 4 nitrogen and oxygen atoms in total. The average Bonchev–Trinajstić information content (AvgIpc) is 2.59. The number of hydrogen-bond donors (Lipinski definition) is 2. The van der Waals surface area contributed by atoms with E-state index in [9.17, 15) is 0 Å². The summed E-state index contributed by atoms with van der Waals surface area (Å²) in [5, 5.41) is 0. The highest BCUT2D eigenvalue weighted by atomic mass is 35.5. The summed E-state index contributed by atoms with van der Waals surface area (Å²) in [5.74, 6) is 1.90. The second-order valence-electron chi connectivity index (χ2n) is 1.99. The number of rotatable bonds is 1. The fourth-order valence-electron chi connectivity index (χ4n) is 0.872. The van der Waals surface area contributed by atoms with Gasteiger partial charge in [0.25, 0.3) is 0 Å². The number of H-pyrrole nitrogens is 4. The summed E-state index contributed by atoms with van der Waals surface area (Å²) >= 11 is 0. The van der Waals surface area contributed by atoms with Crippen LogP contribution in [0.1, 0.15) is 0 Å². The largest absolute Gasteiger partial charge is 1.00 e. The van der Waals surface area contributed by atoms with Crippen molar-refractivity contribution < 1.29 is 34.8 Å². The van der Waals surface area contributed by atoms with Crippen LogP contribution < -0.4 is 34.8 Å². The van der Waals surface area contributed by atoms with Gasteiger partial charge in [0.1, 0.15) is 24.8 Å². The number of imidazole rings is 2. The molecule has 2 aromatic rings. The van der Waals surface area contributed by atoms with Gasteiger partial charge >= 0.3 is 11.6 Å². The van der Waals surface area contributed by atoms with Crippen molar-refractivity contribution in [2.24, 2.45) is 0 Å². The van der Waals surface area contributed by atoms with E-state index in [-0.39, 0.29) is 24.8 Å². The van der Waals surface area contributed by atoms with Gasteiger partial charge in [0, 0.05) is 0 Å².